The van der Waals surface area contributed by atoms with Gasteiger partial charge in [0, 0.05) is 18.8 Å². The standard InChI is InChI=1S/C9H11F2NO/c1-2-9(10,11)13-7-8-4-3-5-12-6-8/h3-6H,2,7H2,1H3. The predicted octanol–water partition coefficient (Wildman–Crippen LogP) is 2.60. The molecule has 0 N–H and O–H groups in total. The molecule has 0 fully saturated rings. The third-order valence-corrected chi connectivity index (χ3v) is 1.58. The number of hydrogen-bond acceptors (Lipinski definition) is 2. The van der Waals surface area contributed by atoms with Gasteiger partial charge in [-0.25, -0.2) is 0 Å². The fourth-order valence-corrected chi connectivity index (χ4v) is 0.774. The van der Waals surface area contributed by atoms with Crippen LogP contribution < -0.4 is 0 Å². The summed E-state index contributed by atoms with van der Waals surface area (Å²) in [7, 11) is 0. The molecule has 72 valence electrons. The second-order valence-electron chi connectivity index (χ2n) is 2.64. The van der Waals surface area contributed by atoms with Crippen molar-refractivity contribution in [1.82, 2.24) is 4.98 Å². The van der Waals surface area contributed by atoms with Crippen molar-refractivity contribution >= 4 is 0 Å². The first-order chi connectivity index (χ1) is 6.14. The van der Waals surface area contributed by atoms with Crippen LogP contribution in [0, 0.1) is 0 Å². The number of ether oxygens (including phenoxy) is 1. The highest BCUT2D eigenvalue weighted by Gasteiger charge is 2.26. The van der Waals surface area contributed by atoms with Gasteiger partial charge in [-0.15, -0.1) is 0 Å². The lowest BCUT2D eigenvalue weighted by Gasteiger charge is -2.14. The molecule has 2 nitrogen and oxygen atoms in total. The Morgan fingerprint density at radius 3 is 2.85 bits per heavy atom. The first-order valence-electron chi connectivity index (χ1n) is 4.05. The summed E-state index contributed by atoms with van der Waals surface area (Å²) in [6, 6.07) is 3.38. The van der Waals surface area contributed by atoms with Crippen LogP contribution in [0.4, 0.5) is 8.78 Å². The Morgan fingerprint density at radius 1 is 1.54 bits per heavy atom. The second kappa shape index (κ2) is 4.28. The van der Waals surface area contributed by atoms with Crippen molar-refractivity contribution in [2.75, 3.05) is 0 Å². The maximum absolute atomic E-state index is 12.6. The Hall–Kier alpha value is -1.03. The number of rotatable bonds is 4. The Bertz CT molecular complexity index is 251. The van der Waals surface area contributed by atoms with Crippen molar-refractivity contribution < 1.29 is 13.5 Å². The van der Waals surface area contributed by atoms with E-state index in [9.17, 15) is 8.78 Å². The monoisotopic (exact) mass is 187 g/mol. The van der Waals surface area contributed by atoms with E-state index < -0.39 is 6.11 Å². The van der Waals surface area contributed by atoms with Crippen molar-refractivity contribution in [3.63, 3.8) is 0 Å². The van der Waals surface area contributed by atoms with E-state index in [0.29, 0.717) is 5.56 Å². The minimum atomic E-state index is -3.03. The van der Waals surface area contributed by atoms with Crippen LogP contribution in [0.5, 0.6) is 0 Å². The summed E-state index contributed by atoms with van der Waals surface area (Å²) < 4.78 is 29.6. The van der Waals surface area contributed by atoms with Crippen molar-refractivity contribution in [2.45, 2.75) is 26.1 Å². The quantitative estimate of drug-likeness (QED) is 0.722. The van der Waals surface area contributed by atoms with Crippen molar-refractivity contribution in [1.29, 1.82) is 0 Å². The van der Waals surface area contributed by atoms with Crippen LogP contribution in [0.2, 0.25) is 0 Å². The van der Waals surface area contributed by atoms with Crippen LogP contribution in [0.15, 0.2) is 24.5 Å². The average Bonchev–Trinajstić information content (AvgIpc) is 2.17. The molecule has 0 aliphatic carbocycles. The van der Waals surface area contributed by atoms with Gasteiger partial charge in [-0.05, 0) is 11.6 Å². The molecule has 0 amide bonds. The molecule has 0 unspecified atom stereocenters. The zero-order chi connectivity index (χ0) is 9.73. The molecular formula is C9H11F2NO. The third-order valence-electron chi connectivity index (χ3n) is 1.58. The van der Waals surface area contributed by atoms with Crippen LogP contribution in [0.3, 0.4) is 0 Å². The van der Waals surface area contributed by atoms with Gasteiger partial charge in [0.05, 0.1) is 6.61 Å². The highest BCUT2D eigenvalue weighted by Crippen LogP contribution is 2.20. The third kappa shape index (κ3) is 3.46. The van der Waals surface area contributed by atoms with Gasteiger partial charge in [-0.1, -0.05) is 13.0 Å². The molecule has 0 saturated heterocycles. The number of halogens is 2. The molecule has 0 aliphatic rings. The molecular weight excluding hydrogens is 176 g/mol. The summed E-state index contributed by atoms with van der Waals surface area (Å²) in [6.45, 7) is 1.28. The van der Waals surface area contributed by atoms with Crippen LogP contribution in [0.1, 0.15) is 18.9 Å². The summed E-state index contributed by atoms with van der Waals surface area (Å²) in [5.41, 5.74) is 0.649. The van der Waals surface area contributed by atoms with Crippen molar-refractivity contribution in [2.24, 2.45) is 0 Å². The lowest BCUT2D eigenvalue weighted by atomic mass is 10.3. The van der Waals surface area contributed by atoms with Crippen LogP contribution in [-0.4, -0.2) is 11.1 Å². The lowest BCUT2D eigenvalue weighted by Crippen LogP contribution is -2.18. The number of pyridine rings is 1. The first kappa shape index (κ1) is 10.1. The number of aromatic nitrogens is 1. The van der Waals surface area contributed by atoms with Gasteiger partial charge in [0.15, 0.2) is 0 Å². The summed E-state index contributed by atoms with van der Waals surface area (Å²) >= 11 is 0. The Balaban J connectivity index is 2.44. The van der Waals surface area contributed by atoms with Gasteiger partial charge >= 0.3 is 6.11 Å². The highest BCUT2D eigenvalue weighted by atomic mass is 19.3. The van der Waals surface area contributed by atoms with E-state index in [-0.39, 0.29) is 13.0 Å². The summed E-state index contributed by atoms with van der Waals surface area (Å²) in [5, 5.41) is 0. The van der Waals surface area contributed by atoms with Gasteiger partial charge < -0.3 is 4.74 Å². The zero-order valence-electron chi connectivity index (χ0n) is 7.34. The van der Waals surface area contributed by atoms with Crippen molar-refractivity contribution in [3.8, 4) is 0 Å². The van der Waals surface area contributed by atoms with Crippen molar-refractivity contribution in [3.05, 3.63) is 30.1 Å². The molecule has 0 spiro atoms. The summed E-state index contributed by atoms with van der Waals surface area (Å²) in [6.07, 6.45) is -0.254. The molecule has 0 aromatic carbocycles. The fraction of sp³-hybridized carbons (Fsp3) is 0.444. The number of hydrogen-bond donors (Lipinski definition) is 0. The van der Waals surface area contributed by atoms with Crippen LogP contribution >= 0.6 is 0 Å². The maximum atomic E-state index is 12.6. The topological polar surface area (TPSA) is 22.1 Å². The Labute approximate surface area is 75.6 Å². The SMILES string of the molecule is CCC(F)(F)OCc1cccnc1. The van der Waals surface area contributed by atoms with E-state index in [0.717, 1.165) is 0 Å². The normalized spacial score (nSPS) is 11.6. The largest absolute Gasteiger partial charge is 0.355 e. The molecule has 0 radical (unpaired) electrons. The predicted molar refractivity (Wildman–Crippen MR) is 44.3 cm³/mol. The van der Waals surface area contributed by atoms with E-state index >= 15 is 0 Å². The molecule has 1 aromatic rings. The van der Waals surface area contributed by atoms with E-state index in [4.69, 9.17) is 0 Å². The first-order valence-corrected chi connectivity index (χ1v) is 4.05. The molecule has 4 heteroatoms. The van der Waals surface area contributed by atoms with E-state index in [1.807, 2.05) is 0 Å². The Morgan fingerprint density at radius 2 is 2.31 bits per heavy atom. The molecule has 1 heterocycles. The minimum Gasteiger partial charge on any atom is -0.316 e. The summed E-state index contributed by atoms with van der Waals surface area (Å²) in [5.74, 6) is 0. The molecule has 0 saturated carbocycles. The van der Waals surface area contributed by atoms with Gasteiger partial charge in [0.25, 0.3) is 0 Å². The average molecular weight is 187 g/mol. The fourth-order valence-electron chi connectivity index (χ4n) is 0.774. The van der Waals surface area contributed by atoms with E-state index in [2.05, 4.69) is 9.72 Å². The van der Waals surface area contributed by atoms with Gasteiger partial charge in [-0.2, -0.15) is 8.78 Å². The lowest BCUT2D eigenvalue weighted by molar-refractivity contribution is -0.246. The van der Waals surface area contributed by atoms with E-state index in [1.54, 1.807) is 18.3 Å². The van der Waals surface area contributed by atoms with E-state index in [1.165, 1.54) is 13.1 Å². The molecule has 1 rings (SSSR count). The molecule has 1 aromatic heterocycles. The van der Waals surface area contributed by atoms with Gasteiger partial charge in [0.1, 0.15) is 0 Å². The van der Waals surface area contributed by atoms with Crippen LogP contribution in [0.25, 0.3) is 0 Å². The smallest absolute Gasteiger partial charge is 0.316 e. The number of nitrogens with zero attached hydrogens (tertiary/aromatic N) is 1. The van der Waals surface area contributed by atoms with Gasteiger partial charge in [0.2, 0.25) is 0 Å². The molecule has 0 bridgehead atoms. The number of alkyl halides is 2. The van der Waals surface area contributed by atoms with Gasteiger partial charge in [-0.3, -0.25) is 4.98 Å². The van der Waals surface area contributed by atoms with Crippen LogP contribution in [-0.2, 0) is 11.3 Å². The second-order valence-corrected chi connectivity index (χ2v) is 2.64. The molecule has 0 aliphatic heterocycles. The highest BCUT2D eigenvalue weighted by molar-refractivity contribution is 5.06. The summed E-state index contributed by atoms with van der Waals surface area (Å²) in [4.78, 5) is 3.79. The minimum absolute atomic E-state index is 0.103. The Kier molecular flexibility index (Phi) is 3.31. The molecule has 13 heavy (non-hydrogen) atoms. The zero-order valence-corrected chi connectivity index (χ0v) is 7.34. The maximum Gasteiger partial charge on any atom is 0.355 e. The molecule has 0 atom stereocenters.